The molecule has 0 aliphatic heterocycles. The molecule has 0 saturated heterocycles. The molecule has 52 valence electrons. The molecule has 0 aromatic rings. The first-order chi connectivity index (χ1) is 4.37. The van der Waals surface area contributed by atoms with Gasteiger partial charge in [0.05, 0.1) is 0 Å². The van der Waals surface area contributed by atoms with Gasteiger partial charge in [-0.3, -0.25) is 9.59 Å². The van der Waals surface area contributed by atoms with Crippen molar-refractivity contribution in [3.8, 4) is 0 Å². The zero-order valence-corrected chi connectivity index (χ0v) is 5.72. The summed E-state index contributed by atoms with van der Waals surface area (Å²) in [7, 11) is 0. The van der Waals surface area contributed by atoms with Crippen molar-refractivity contribution in [2.75, 3.05) is 0 Å². The van der Waals surface area contributed by atoms with Gasteiger partial charge in [-0.2, -0.15) is 0 Å². The second-order valence-electron chi connectivity index (χ2n) is 1.57. The van der Waals surface area contributed by atoms with Gasteiger partial charge in [0.1, 0.15) is 7.15 Å². The lowest BCUT2D eigenvalue weighted by Crippen LogP contribution is -1.85. The van der Waals surface area contributed by atoms with E-state index in [0.717, 1.165) is 6.92 Å². The van der Waals surface area contributed by atoms with Crippen molar-refractivity contribution in [3.63, 3.8) is 0 Å². The Bertz CT molecular complexity index is 135. The van der Waals surface area contributed by atoms with Gasteiger partial charge in [-0.1, -0.05) is 0 Å². The molecule has 0 unspecified atom stereocenters. The molecule has 0 bridgehead atoms. The minimum absolute atomic E-state index is 0.167. The molecular formula is C6H10O3. The van der Waals surface area contributed by atoms with Crippen LogP contribution < -0.4 is 0 Å². The number of ketones is 2. The van der Waals surface area contributed by atoms with Gasteiger partial charge in [0.25, 0.3) is 0 Å². The minimum Gasteiger partial charge on any atom is -0.300 e. The Morgan fingerprint density at radius 3 is 1.44 bits per heavy atom. The van der Waals surface area contributed by atoms with Crippen molar-refractivity contribution in [1.82, 2.24) is 0 Å². The number of carbonyl (C=O) groups excluding carboxylic acids is 3. The van der Waals surface area contributed by atoms with Crippen LogP contribution in [0.3, 0.4) is 0 Å². The fourth-order valence-corrected chi connectivity index (χ4v) is 0. The van der Waals surface area contributed by atoms with Gasteiger partial charge in [0.15, 0.2) is 12.0 Å². The third-order valence-electron chi connectivity index (χ3n) is 0.144. The standard InChI is InChI=1S/C3H4O2.C3H6O/c1-3(5)2-4;1-3(2)4/h2H,1H3;1-2H3/i2T;. The second-order valence-corrected chi connectivity index (χ2v) is 1.57. The normalized spacial score (nSPS) is 8.11. The number of Topliss-reactive ketones (excluding diaryl/α,β-unsaturated/α-hetero) is 2. The average Bonchev–Trinajstić information content (AvgIpc) is 1.63. The molecule has 0 radical (unpaired) electrons. The lowest BCUT2D eigenvalue weighted by atomic mass is 10.5. The molecule has 3 nitrogen and oxygen atoms in total. The summed E-state index contributed by atoms with van der Waals surface area (Å²) in [6.45, 7) is 4.12. The Balaban J connectivity index is 0. The number of carbonyl (C=O) groups is 3. The molecule has 0 spiro atoms. The van der Waals surface area contributed by atoms with Crippen LogP contribution >= 0.6 is 0 Å². The van der Waals surface area contributed by atoms with Crippen LogP contribution in [0.15, 0.2) is 0 Å². The second kappa shape index (κ2) is 7.01. The summed E-state index contributed by atoms with van der Waals surface area (Å²) in [5.74, 6) is -0.546. The maximum Gasteiger partial charge on any atom is 0.192 e. The molecule has 0 fully saturated rings. The van der Waals surface area contributed by atoms with Gasteiger partial charge >= 0.3 is 0 Å². The van der Waals surface area contributed by atoms with E-state index in [1.807, 2.05) is 0 Å². The van der Waals surface area contributed by atoms with Crippen molar-refractivity contribution >= 4 is 17.8 Å². The summed E-state index contributed by atoms with van der Waals surface area (Å²) < 4.78 is 6.04. The van der Waals surface area contributed by atoms with Crippen molar-refractivity contribution in [1.29, 1.82) is 0 Å². The van der Waals surface area contributed by atoms with Crippen molar-refractivity contribution in [3.05, 3.63) is 0 Å². The Kier molecular flexibility index (Phi) is 6.24. The van der Waals surface area contributed by atoms with Crippen molar-refractivity contribution in [2.24, 2.45) is 0 Å². The quantitative estimate of drug-likeness (QED) is 0.382. The van der Waals surface area contributed by atoms with Crippen LogP contribution in [0.5, 0.6) is 0 Å². The number of hydrogen-bond acceptors (Lipinski definition) is 3. The van der Waals surface area contributed by atoms with Gasteiger partial charge in [0.2, 0.25) is 0 Å². The number of aldehydes is 1. The van der Waals surface area contributed by atoms with E-state index >= 15 is 0 Å². The molecule has 0 aromatic carbocycles. The fourth-order valence-electron chi connectivity index (χ4n) is 0. The highest BCUT2D eigenvalue weighted by atomic mass is 16.2. The molecule has 0 heterocycles. The van der Waals surface area contributed by atoms with E-state index in [-0.39, 0.29) is 5.78 Å². The molecule has 0 aromatic heterocycles. The topological polar surface area (TPSA) is 51.2 Å². The lowest BCUT2D eigenvalue weighted by molar-refractivity contribution is -0.128. The molecular weight excluding hydrogens is 120 g/mol. The van der Waals surface area contributed by atoms with E-state index < -0.39 is 12.0 Å². The Labute approximate surface area is 55.5 Å². The first kappa shape index (κ1) is 8.01. The number of rotatable bonds is 1. The Morgan fingerprint density at radius 1 is 1.33 bits per heavy atom. The zero-order valence-electron chi connectivity index (χ0n) is 6.72. The monoisotopic (exact) mass is 132 g/mol. The molecule has 0 rings (SSSR count). The summed E-state index contributed by atoms with van der Waals surface area (Å²) in [4.78, 5) is 28.5. The van der Waals surface area contributed by atoms with Crippen LogP contribution in [0, 0.1) is 0 Å². The molecule has 0 atom stereocenters. The Morgan fingerprint density at radius 2 is 1.44 bits per heavy atom. The van der Waals surface area contributed by atoms with Crippen LogP contribution in [0.4, 0.5) is 0 Å². The smallest absolute Gasteiger partial charge is 0.192 e. The van der Waals surface area contributed by atoms with E-state index in [1.54, 1.807) is 0 Å². The van der Waals surface area contributed by atoms with E-state index in [1.165, 1.54) is 13.8 Å². The predicted octanol–water partition coefficient (Wildman–Crippen LogP) is 0.370. The molecule has 0 saturated carbocycles. The lowest BCUT2D eigenvalue weighted by Gasteiger charge is -1.57. The van der Waals surface area contributed by atoms with Crippen LogP contribution in [0.1, 0.15) is 22.1 Å². The molecule has 0 N–H and O–H groups in total. The molecule has 3 heteroatoms. The predicted molar refractivity (Wildman–Crippen MR) is 33.1 cm³/mol. The van der Waals surface area contributed by atoms with Gasteiger partial charge in [0, 0.05) is 6.92 Å². The summed E-state index contributed by atoms with van der Waals surface area (Å²) in [6.07, 6.45) is -1.13. The minimum atomic E-state index is -1.13. The SMILES string of the molecule is CC(C)=O.[3H]C(=O)C(C)=O. The molecule has 0 aliphatic carbocycles. The first-order valence-corrected chi connectivity index (χ1v) is 2.36. The highest BCUT2D eigenvalue weighted by Crippen LogP contribution is 1.50. The summed E-state index contributed by atoms with van der Waals surface area (Å²) in [5.41, 5.74) is 0. The van der Waals surface area contributed by atoms with Crippen LogP contribution in [0.2, 0.25) is 0 Å². The van der Waals surface area contributed by atoms with Crippen LogP contribution in [0.25, 0.3) is 0 Å². The van der Waals surface area contributed by atoms with E-state index in [0.29, 0.717) is 0 Å². The highest BCUT2D eigenvalue weighted by Gasteiger charge is 1.76. The van der Waals surface area contributed by atoms with Crippen molar-refractivity contribution < 1.29 is 15.8 Å². The third kappa shape index (κ3) is 172. The zero-order chi connectivity index (χ0) is 8.73. The molecule has 0 aliphatic rings. The van der Waals surface area contributed by atoms with Gasteiger partial charge in [-0.15, -0.1) is 0 Å². The fraction of sp³-hybridized carbons (Fsp3) is 0.500. The average molecular weight is 132 g/mol. The molecule has 9 heavy (non-hydrogen) atoms. The van der Waals surface area contributed by atoms with Gasteiger partial charge in [-0.05, 0) is 13.8 Å². The third-order valence-corrected chi connectivity index (χ3v) is 0.144. The first-order valence-electron chi connectivity index (χ1n) is 2.86. The maximum atomic E-state index is 9.61. The van der Waals surface area contributed by atoms with Gasteiger partial charge < -0.3 is 4.79 Å². The van der Waals surface area contributed by atoms with E-state index in [9.17, 15) is 14.4 Å². The Hall–Kier alpha value is -0.990. The molecule has 0 amide bonds. The van der Waals surface area contributed by atoms with Gasteiger partial charge in [-0.25, -0.2) is 0 Å². The van der Waals surface area contributed by atoms with E-state index in [2.05, 4.69) is 0 Å². The maximum absolute atomic E-state index is 9.61. The van der Waals surface area contributed by atoms with Crippen molar-refractivity contribution in [2.45, 2.75) is 20.8 Å². The summed E-state index contributed by atoms with van der Waals surface area (Å²) in [5, 5.41) is 0. The van der Waals surface area contributed by atoms with Crippen LogP contribution in [-0.4, -0.2) is 17.8 Å². The largest absolute Gasteiger partial charge is 0.300 e. The highest BCUT2D eigenvalue weighted by molar-refractivity contribution is 6.23. The van der Waals surface area contributed by atoms with Crippen LogP contribution in [-0.2, 0) is 14.4 Å². The summed E-state index contributed by atoms with van der Waals surface area (Å²) >= 11 is 0. The summed E-state index contributed by atoms with van der Waals surface area (Å²) in [6, 6.07) is 0. The van der Waals surface area contributed by atoms with E-state index in [4.69, 9.17) is 1.37 Å². The number of hydrogen-bond donors (Lipinski definition) is 0.